The molecule has 0 aliphatic carbocycles. The van der Waals surface area contributed by atoms with Crippen molar-refractivity contribution in [1.82, 2.24) is 0 Å². The van der Waals surface area contributed by atoms with Crippen molar-refractivity contribution >= 4 is 23.2 Å². The maximum atomic E-state index is 12.6. The average Bonchev–Trinajstić information content (AvgIpc) is 2.05. The molecule has 0 saturated carbocycles. The lowest BCUT2D eigenvalue weighted by Gasteiger charge is -1.97. The second-order valence-corrected chi connectivity index (χ2v) is 2.83. The van der Waals surface area contributed by atoms with Gasteiger partial charge in [0.25, 0.3) is 0 Å². The fourth-order valence-electron chi connectivity index (χ4n) is 0.622. The summed E-state index contributed by atoms with van der Waals surface area (Å²) in [6.45, 7) is 5.64. The lowest BCUT2D eigenvalue weighted by Crippen LogP contribution is -1.81. The summed E-state index contributed by atoms with van der Waals surface area (Å²) in [6, 6.07) is 2.71. The van der Waals surface area contributed by atoms with Gasteiger partial charge in [-0.2, -0.15) is 0 Å². The van der Waals surface area contributed by atoms with E-state index in [1.165, 1.54) is 12.1 Å². The van der Waals surface area contributed by atoms with Crippen LogP contribution in [0.3, 0.4) is 0 Å². The highest BCUT2D eigenvalue weighted by Crippen LogP contribution is 2.24. The van der Waals surface area contributed by atoms with Crippen molar-refractivity contribution in [3.63, 3.8) is 0 Å². The third kappa shape index (κ3) is 3.00. The van der Waals surface area contributed by atoms with Gasteiger partial charge in [-0.15, -0.1) is 0 Å². The van der Waals surface area contributed by atoms with E-state index in [2.05, 4.69) is 0 Å². The number of rotatable bonds is 0. The molecular formula is C9H11Cl2F. The minimum Gasteiger partial charge on any atom is -0.207 e. The number of benzene rings is 1. The van der Waals surface area contributed by atoms with E-state index in [-0.39, 0.29) is 10.8 Å². The van der Waals surface area contributed by atoms with Gasteiger partial charge < -0.3 is 0 Å². The monoisotopic (exact) mass is 208 g/mol. The van der Waals surface area contributed by atoms with E-state index in [0.29, 0.717) is 10.6 Å². The molecule has 1 aromatic carbocycles. The third-order valence-electron chi connectivity index (χ3n) is 1.20. The fourth-order valence-corrected chi connectivity index (χ4v) is 0.991. The molecule has 0 aliphatic rings. The molecule has 0 atom stereocenters. The number of aryl methyl sites for hydroxylation is 1. The zero-order valence-corrected chi connectivity index (χ0v) is 8.80. The highest BCUT2D eigenvalue weighted by Gasteiger charge is 2.01. The zero-order valence-electron chi connectivity index (χ0n) is 7.29. The van der Waals surface area contributed by atoms with Crippen LogP contribution < -0.4 is 0 Å². The van der Waals surface area contributed by atoms with Crippen molar-refractivity contribution < 1.29 is 4.39 Å². The second kappa shape index (κ2) is 5.39. The summed E-state index contributed by atoms with van der Waals surface area (Å²) in [5.74, 6) is -0.325. The molecule has 0 N–H and O–H groups in total. The van der Waals surface area contributed by atoms with Gasteiger partial charge in [-0.3, -0.25) is 0 Å². The SMILES string of the molecule is CC.Cc1cc(Cl)c(Cl)cc1F. The molecule has 0 aliphatic heterocycles. The lowest BCUT2D eigenvalue weighted by atomic mass is 10.2. The molecule has 1 aromatic rings. The molecule has 0 unspecified atom stereocenters. The Morgan fingerprint density at radius 3 is 1.92 bits per heavy atom. The predicted octanol–water partition coefficient (Wildman–Crippen LogP) is 4.47. The van der Waals surface area contributed by atoms with Crippen LogP contribution in [0.1, 0.15) is 19.4 Å². The summed E-state index contributed by atoms with van der Waals surface area (Å²) < 4.78 is 12.6. The summed E-state index contributed by atoms with van der Waals surface area (Å²) in [4.78, 5) is 0. The van der Waals surface area contributed by atoms with Crippen molar-refractivity contribution in [3.8, 4) is 0 Å². The van der Waals surface area contributed by atoms with E-state index in [0.717, 1.165) is 0 Å². The van der Waals surface area contributed by atoms with Gasteiger partial charge in [0.05, 0.1) is 10.0 Å². The van der Waals surface area contributed by atoms with Crippen LogP contribution >= 0.6 is 23.2 Å². The Balaban J connectivity index is 0.000000561. The first kappa shape index (κ1) is 11.7. The molecule has 0 amide bonds. The van der Waals surface area contributed by atoms with Crippen molar-refractivity contribution in [1.29, 1.82) is 0 Å². The van der Waals surface area contributed by atoms with Crippen molar-refractivity contribution in [3.05, 3.63) is 33.6 Å². The van der Waals surface area contributed by atoms with E-state index in [4.69, 9.17) is 23.2 Å². The van der Waals surface area contributed by atoms with E-state index in [1.807, 2.05) is 13.8 Å². The number of halogens is 3. The van der Waals surface area contributed by atoms with Gasteiger partial charge in [0, 0.05) is 0 Å². The van der Waals surface area contributed by atoms with Crippen LogP contribution in [0.5, 0.6) is 0 Å². The van der Waals surface area contributed by atoms with E-state index in [1.54, 1.807) is 6.92 Å². The first-order valence-electron chi connectivity index (χ1n) is 3.72. The molecular weight excluding hydrogens is 198 g/mol. The quantitative estimate of drug-likeness (QED) is 0.553. The molecule has 0 bridgehead atoms. The molecule has 68 valence electrons. The molecule has 0 radical (unpaired) electrons. The predicted molar refractivity (Wildman–Crippen MR) is 52.5 cm³/mol. The van der Waals surface area contributed by atoms with Gasteiger partial charge in [0.15, 0.2) is 0 Å². The summed E-state index contributed by atoms with van der Waals surface area (Å²) in [5.41, 5.74) is 0.509. The van der Waals surface area contributed by atoms with Crippen LogP contribution in [0.4, 0.5) is 4.39 Å². The number of hydrogen-bond acceptors (Lipinski definition) is 0. The summed E-state index contributed by atoms with van der Waals surface area (Å²) >= 11 is 11.1. The van der Waals surface area contributed by atoms with Crippen molar-refractivity contribution in [2.45, 2.75) is 20.8 Å². The highest BCUT2D eigenvalue weighted by molar-refractivity contribution is 6.42. The van der Waals surface area contributed by atoms with Crippen LogP contribution in [0.2, 0.25) is 10.0 Å². The Morgan fingerprint density at radius 1 is 1.08 bits per heavy atom. The summed E-state index contributed by atoms with van der Waals surface area (Å²) in [6.07, 6.45) is 0. The van der Waals surface area contributed by atoms with E-state index >= 15 is 0 Å². The van der Waals surface area contributed by atoms with Gasteiger partial charge >= 0.3 is 0 Å². The molecule has 0 nitrogen and oxygen atoms in total. The summed E-state index contributed by atoms with van der Waals surface area (Å²) in [7, 11) is 0. The van der Waals surface area contributed by atoms with Crippen molar-refractivity contribution in [2.24, 2.45) is 0 Å². The Morgan fingerprint density at radius 2 is 1.50 bits per heavy atom. The minimum atomic E-state index is -0.325. The molecule has 0 heterocycles. The van der Waals surface area contributed by atoms with Gasteiger partial charge in [-0.05, 0) is 24.6 Å². The van der Waals surface area contributed by atoms with Crippen LogP contribution in [-0.2, 0) is 0 Å². The third-order valence-corrected chi connectivity index (χ3v) is 1.92. The molecule has 0 saturated heterocycles. The van der Waals surface area contributed by atoms with E-state index < -0.39 is 0 Å². The normalized spacial score (nSPS) is 8.83. The number of hydrogen-bond donors (Lipinski definition) is 0. The van der Waals surface area contributed by atoms with Crippen LogP contribution in [0, 0.1) is 12.7 Å². The lowest BCUT2D eigenvalue weighted by molar-refractivity contribution is 0.618. The molecule has 0 spiro atoms. The van der Waals surface area contributed by atoms with Crippen LogP contribution in [0.25, 0.3) is 0 Å². The minimum absolute atomic E-state index is 0.254. The van der Waals surface area contributed by atoms with Gasteiger partial charge in [-0.25, -0.2) is 4.39 Å². The second-order valence-electron chi connectivity index (χ2n) is 2.02. The maximum Gasteiger partial charge on any atom is 0.127 e. The largest absolute Gasteiger partial charge is 0.207 e. The van der Waals surface area contributed by atoms with E-state index in [9.17, 15) is 4.39 Å². The molecule has 1 rings (SSSR count). The smallest absolute Gasteiger partial charge is 0.127 e. The van der Waals surface area contributed by atoms with Crippen LogP contribution in [-0.4, -0.2) is 0 Å². The average molecular weight is 209 g/mol. The fraction of sp³-hybridized carbons (Fsp3) is 0.333. The molecule has 0 fully saturated rings. The Hall–Kier alpha value is -0.270. The Bertz CT molecular complexity index is 209. The molecule has 0 aromatic heterocycles. The first-order valence-corrected chi connectivity index (χ1v) is 4.48. The molecule has 3 heteroatoms. The summed E-state index contributed by atoms with van der Waals surface area (Å²) in [5, 5.41) is 0.644. The van der Waals surface area contributed by atoms with Gasteiger partial charge in [0.1, 0.15) is 5.82 Å². The topological polar surface area (TPSA) is 0 Å². The zero-order chi connectivity index (χ0) is 9.72. The van der Waals surface area contributed by atoms with Gasteiger partial charge in [-0.1, -0.05) is 37.0 Å². The standard InChI is InChI=1S/C7H5Cl2F.C2H6/c1-4-2-5(8)6(9)3-7(4)10;1-2/h2-3H,1H3;1-2H3. The first-order chi connectivity index (χ1) is 5.61. The molecule has 12 heavy (non-hydrogen) atoms. The van der Waals surface area contributed by atoms with Crippen LogP contribution in [0.15, 0.2) is 12.1 Å². The Labute approximate surface area is 82.3 Å². The highest BCUT2D eigenvalue weighted by atomic mass is 35.5. The Kier molecular flexibility index (Phi) is 5.27. The van der Waals surface area contributed by atoms with Crippen molar-refractivity contribution in [2.75, 3.05) is 0 Å². The van der Waals surface area contributed by atoms with Gasteiger partial charge in [0.2, 0.25) is 0 Å². The maximum absolute atomic E-state index is 12.6.